The maximum atomic E-state index is 5.94. The van der Waals surface area contributed by atoms with Crippen molar-refractivity contribution >= 4 is 46.3 Å². The Morgan fingerprint density at radius 1 is 1.20 bits per heavy atom. The predicted molar refractivity (Wildman–Crippen MR) is 63.9 cm³/mol. The molecule has 0 spiro atoms. The molecule has 0 aromatic heterocycles. The van der Waals surface area contributed by atoms with Gasteiger partial charge in [-0.15, -0.1) is 0 Å². The second-order valence-corrected chi connectivity index (χ2v) is 2.99. The van der Waals surface area contributed by atoms with Crippen LogP contribution in [0.5, 0.6) is 17.2 Å². The molecule has 82 valence electrons. The SMILES string of the molecule is COc1cc(OCCl)cc(OC)c1Cl.[H-].[H-].[Mg+2]. The van der Waals surface area contributed by atoms with Crippen LogP contribution in [0.15, 0.2) is 12.1 Å². The molecule has 0 atom stereocenters. The van der Waals surface area contributed by atoms with Crippen molar-refractivity contribution in [3.8, 4) is 17.2 Å². The first-order valence-electron chi connectivity index (χ1n) is 3.83. The van der Waals surface area contributed by atoms with E-state index < -0.39 is 0 Å². The third kappa shape index (κ3) is 3.79. The zero-order valence-electron chi connectivity index (χ0n) is 10.5. The van der Waals surface area contributed by atoms with Crippen LogP contribution in [-0.2, 0) is 0 Å². The average molecular weight is 263 g/mol. The first-order chi connectivity index (χ1) is 6.72. The smallest absolute Gasteiger partial charge is 1.00 e. The van der Waals surface area contributed by atoms with Gasteiger partial charge in [0, 0.05) is 12.1 Å². The van der Waals surface area contributed by atoms with E-state index in [9.17, 15) is 0 Å². The average Bonchev–Trinajstić information content (AvgIpc) is 2.20. The molecule has 0 amide bonds. The predicted octanol–water partition coefficient (Wildman–Crippen LogP) is 2.78. The molecule has 1 aromatic rings. The third-order valence-corrected chi connectivity index (χ3v) is 2.12. The van der Waals surface area contributed by atoms with Gasteiger partial charge in [0.05, 0.1) is 14.2 Å². The molecule has 0 unspecified atom stereocenters. The van der Waals surface area contributed by atoms with Gasteiger partial charge in [-0.25, -0.2) is 0 Å². The summed E-state index contributed by atoms with van der Waals surface area (Å²) in [6.45, 7) is 0. The van der Waals surface area contributed by atoms with Crippen molar-refractivity contribution in [2.45, 2.75) is 0 Å². The molecule has 1 aromatic carbocycles. The number of hydrogen-bond donors (Lipinski definition) is 0. The van der Waals surface area contributed by atoms with Crippen molar-refractivity contribution in [1.29, 1.82) is 0 Å². The van der Waals surface area contributed by atoms with Gasteiger partial charge in [0.1, 0.15) is 22.3 Å². The number of hydrogen-bond acceptors (Lipinski definition) is 3. The Morgan fingerprint density at radius 2 is 1.67 bits per heavy atom. The van der Waals surface area contributed by atoms with Gasteiger partial charge in [0.25, 0.3) is 0 Å². The van der Waals surface area contributed by atoms with Crippen LogP contribution in [0, 0.1) is 0 Å². The minimum absolute atomic E-state index is 0. The monoisotopic (exact) mass is 262 g/mol. The summed E-state index contributed by atoms with van der Waals surface area (Å²) in [5.74, 6) is 1.54. The van der Waals surface area contributed by atoms with Crippen LogP contribution in [0.2, 0.25) is 5.02 Å². The number of methoxy groups -OCH3 is 2. The number of alkyl halides is 1. The minimum atomic E-state index is 0. The first kappa shape index (κ1) is 15.0. The summed E-state index contributed by atoms with van der Waals surface area (Å²) < 4.78 is 15.2. The van der Waals surface area contributed by atoms with Crippen molar-refractivity contribution in [2.24, 2.45) is 0 Å². The molecule has 0 aliphatic carbocycles. The quantitative estimate of drug-likeness (QED) is 0.617. The normalized spacial score (nSPS) is 9.07. The Balaban J connectivity index is -0.000000653. The molecular formula is C9H12Cl2MgO3. The van der Waals surface area contributed by atoms with Crippen LogP contribution in [0.25, 0.3) is 0 Å². The van der Waals surface area contributed by atoms with Crippen molar-refractivity contribution in [3.63, 3.8) is 0 Å². The minimum Gasteiger partial charge on any atom is -1.00 e. The largest absolute Gasteiger partial charge is 2.00 e. The Kier molecular flexibility index (Phi) is 7.26. The van der Waals surface area contributed by atoms with Crippen LogP contribution >= 0.6 is 23.2 Å². The topological polar surface area (TPSA) is 27.7 Å². The molecule has 6 heteroatoms. The van der Waals surface area contributed by atoms with Gasteiger partial charge in [-0.2, -0.15) is 0 Å². The fourth-order valence-corrected chi connectivity index (χ4v) is 1.38. The standard InChI is InChI=1S/C9H10Cl2O3.Mg.2H/c1-12-7-3-6(14-5-10)4-8(13-2)9(7)11;;;/h3-4H,5H2,1-2H3;;;/q;+2;2*-1. The molecule has 0 fully saturated rings. The third-order valence-electron chi connectivity index (χ3n) is 1.64. The van der Waals surface area contributed by atoms with Gasteiger partial charge in [-0.3, -0.25) is 0 Å². The molecule has 0 saturated heterocycles. The van der Waals surface area contributed by atoms with Gasteiger partial charge in [0.15, 0.2) is 6.07 Å². The molecular weight excluding hydrogens is 251 g/mol. The number of ether oxygens (including phenoxy) is 3. The summed E-state index contributed by atoms with van der Waals surface area (Å²) in [6, 6.07) is 3.36. The first-order valence-corrected chi connectivity index (χ1v) is 4.74. The van der Waals surface area contributed by atoms with Gasteiger partial charge >= 0.3 is 23.1 Å². The Labute approximate surface area is 118 Å². The van der Waals surface area contributed by atoms with Gasteiger partial charge in [-0.05, 0) is 0 Å². The molecule has 15 heavy (non-hydrogen) atoms. The van der Waals surface area contributed by atoms with E-state index in [1.807, 2.05) is 0 Å². The van der Waals surface area contributed by atoms with Gasteiger partial charge in [0.2, 0.25) is 0 Å². The van der Waals surface area contributed by atoms with E-state index in [-0.39, 0.29) is 32.0 Å². The van der Waals surface area contributed by atoms with E-state index in [0.717, 1.165) is 0 Å². The van der Waals surface area contributed by atoms with E-state index in [1.54, 1.807) is 12.1 Å². The second-order valence-electron chi connectivity index (χ2n) is 2.40. The van der Waals surface area contributed by atoms with Crippen LogP contribution in [0.1, 0.15) is 2.85 Å². The van der Waals surface area contributed by atoms with E-state index in [2.05, 4.69) is 0 Å². The van der Waals surface area contributed by atoms with Crippen molar-refractivity contribution in [3.05, 3.63) is 17.2 Å². The summed E-state index contributed by atoms with van der Waals surface area (Å²) >= 11 is 11.4. The Bertz CT molecular complexity index is 304. The fraction of sp³-hybridized carbons (Fsp3) is 0.333. The Morgan fingerprint density at radius 3 is 2.00 bits per heavy atom. The summed E-state index contributed by atoms with van der Waals surface area (Å²) in [4.78, 5) is 0. The molecule has 0 aliphatic heterocycles. The number of rotatable bonds is 4. The summed E-state index contributed by atoms with van der Waals surface area (Å²) in [6.07, 6.45) is 0. The molecule has 1 rings (SSSR count). The maximum absolute atomic E-state index is 5.94. The van der Waals surface area contributed by atoms with E-state index >= 15 is 0 Å². The van der Waals surface area contributed by atoms with Crippen LogP contribution in [0.3, 0.4) is 0 Å². The van der Waals surface area contributed by atoms with E-state index in [1.165, 1.54) is 14.2 Å². The van der Waals surface area contributed by atoms with Crippen molar-refractivity contribution in [2.75, 3.05) is 20.3 Å². The molecule has 3 nitrogen and oxygen atoms in total. The fourth-order valence-electron chi connectivity index (χ4n) is 0.992. The van der Waals surface area contributed by atoms with Gasteiger partial charge in [-0.1, -0.05) is 23.2 Å². The Hall–Kier alpha value is -0.0338. The molecule has 0 heterocycles. The van der Waals surface area contributed by atoms with Crippen LogP contribution in [0.4, 0.5) is 0 Å². The number of benzene rings is 1. The van der Waals surface area contributed by atoms with Crippen LogP contribution in [-0.4, -0.2) is 43.3 Å². The summed E-state index contributed by atoms with van der Waals surface area (Å²) in [5, 5.41) is 0.414. The van der Waals surface area contributed by atoms with Gasteiger partial charge < -0.3 is 17.1 Å². The number of halogens is 2. The van der Waals surface area contributed by atoms with Crippen molar-refractivity contribution in [1.82, 2.24) is 0 Å². The summed E-state index contributed by atoms with van der Waals surface area (Å²) in [5.41, 5.74) is 0. The zero-order valence-corrected chi connectivity index (χ0v) is 11.5. The van der Waals surface area contributed by atoms with Crippen molar-refractivity contribution < 1.29 is 17.1 Å². The van der Waals surface area contributed by atoms with Crippen LogP contribution < -0.4 is 14.2 Å². The van der Waals surface area contributed by atoms with E-state index in [4.69, 9.17) is 37.4 Å². The molecule has 0 N–H and O–H groups in total. The maximum Gasteiger partial charge on any atom is 2.00 e. The summed E-state index contributed by atoms with van der Waals surface area (Å²) in [7, 11) is 3.04. The second kappa shape index (κ2) is 7.27. The molecule has 0 saturated carbocycles. The molecule has 0 bridgehead atoms. The molecule has 0 radical (unpaired) electrons. The molecule has 0 aliphatic rings. The van der Waals surface area contributed by atoms with E-state index in [0.29, 0.717) is 22.3 Å². The zero-order chi connectivity index (χ0) is 10.6.